The van der Waals surface area contributed by atoms with Crippen LogP contribution in [0.3, 0.4) is 0 Å². The maximum Gasteiger partial charge on any atom is 0.254 e. The van der Waals surface area contributed by atoms with Crippen molar-refractivity contribution in [3.8, 4) is 5.75 Å². The van der Waals surface area contributed by atoms with E-state index in [0.717, 1.165) is 18.0 Å². The fourth-order valence-corrected chi connectivity index (χ4v) is 4.34. The Hall–Kier alpha value is -1.55. The van der Waals surface area contributed by atoms with E-state index in [1.54, 1.807) is 12.1 Å². The molecule has 1 saturated carbocycles. The molecule has 1 fully saturated rings. The summed E-state index contributed by atoms with van der Waals surface area (Å²) >= 11 is 0. The molecule has 0 saturated heterocycles. The van der Waals surface area contributed by atoms with Crippen LogP contribution in [0.2, 0.25) is 0 Å². The third-order valence-electron chi connectivity index (χ3n) is 5.65. The predicted octanol–water partition coefficient (Wildman–Crippen LogP) is 3.54. The van der Waals surface area contributed by atoms with Gasteiger partial charge in [0.2, 0.25) is 0 Å². The Kier molecular flexibility index (Phi) is 5.14. The van der Waals surface area contributed by atoms with E-state index in [2.05, 4.69) is 26.1 Å². The van der Waals surface area contributed by atoms with Crippen LogP contribution in [0.1, 0.15) is 62.4 Å². The number of hydrogen-bond donors (Lipinski definition) is 2. The van der Waals surface area contributed by atoms with Crippen molar-refractivity contribution in [2.24, 2.45) is 11.8 Å². The second kappa shape index (κ2) is 7.14. The fourth-order valence-electron chi connectivity index (χ4n) is 4.34. The van der Waals surface area contributed by atoms with Crippen LogP contribution >= 0.6 is 0 Å². The van der Waals surface area contributed by atoms with E-state index in [1.807, 2.05) is 11.0 Å². The molecule has 0 bridgehead atoms. The van der Waals surface area contributed by atoms with Crippen LogP contribution in [0.4, 0.5) is 0 Å². The number of hydrogen-bond acceptors (Lipinski definition) is 3. The normalized spacial score (nSPS) is 25.2. The predicted molar refractivity (Wildman–Crippen MR) is 96.0 cm³/mol. The Morgan fingerprint density at radius 1 is 1.21 bits per heavy atom. The minimum atomic E-state index is 0.0814. The summed E-state index contributed by atoms with van der Waals surface area (Å²) in [6.45, 7) is 8.26. The molecule has 1 heterocycles. The molecule has 1 atom stereocenters. The van der Waals surface area contributed by atoms with Crippen LogP contribution in [0.15, 0.2) is 18.2 Å². The number of fused-ring (bicyclic) bond motifs is 1. The summed E-state index contributed by atoms with van der Waals surface area (Å²) in [4.78, 5) is 14.5. The summed E-state index contributed by atoms with van der Waals surface area (Å²) < 4.78 is 0. The molecule has 1 aliphatic carbocycles. The molecule has 4 nitrogen and oxygen atoms in total. The smallest absolute Gasteiger partial charge is 0.254 e. The number of aromatic hydroxyl groups is 1. The van der Waals surface area contributed by atoms with Crippen molar-refractivity contribution in [2.45, 2.75) is 65.1 Å². The molecule has 1 aliphatic heterocycles. The molecule has 24 heavy (non-hydrogen) atoms. The summed E-state index contributed by atoms with van der Waals surface area (Å²) in [5, 5.41) is 13.2. The standard InChI is InChI=1S/C20H30N2O2/c1-13(2)21-14(3)16-6-4-15(5-7-16)11-22-12-17-8-9-18(23)10-19(17)20(22)24/h8-10,13-16,21,23H,4-7,11-12H2,1-3H3. The van der Waals surface area contributed by atoms with Gasteiger partial charge in [0, 0.05) is 30.7 Å². The van der Waals surface area contributed by atoms with Gasteiger partial charge in [-0.1, -0.05) is 19.9 Å². The lowest BCUT2D eigenvalue weighted by Crippen LogP contribution is -2.40. The minimum absolute atomic E-state index is 0.0814. The van der Waals surface area contributed by atoms with Crippen LogP contribution in [0, 0.1) is 11.8 Å². The Balaban J connectivity index is 1.52. The summed E-state index contributed by atoms with van der Waals surface area (Å²) in [5.41, 5.74) is 1.72. The molecule has 0 radical (unpaired) electrons. The number of carbonyl (C=O) groups is 1. The van der Waals surface area contributed by atoms with Crippen LogP contribution in [0.5, 0.6) is 5.75 Å². The molecule has 2 N–H and O–H groups in total. The van der Waals surface area contributed by atoms with Crippen molar-refractivity contribution in [1.82, 2.24) is 10.2 Å². The van der Waals surface area contributed by atoms with Crippen molar-refractivity contribution in [3.63, 3.8) is 0 Å². The van der Waals surface area contributed by atoms with Gasteiger partial charge in [-0.15, -0.1) is 0 Å². The van der Waals surface area contributed by atoms with E-state index >= 15 is 0 Å². The molecular weight excluding hydrogens is 300 g/mol. The molecule has 0 spiro atoms. The largest absolute Gasteiger partial charge is 0.508 e. The first-order valence-electron chi connectivity index (χ1n) is 9.31. The number of carbonyl (C=O) groups excluding carboxylic acids is 1. The van der Waals surface area contributed by atoms with Gasteiger partial charge in [-0.3, -0.25) is 4.79 Å². The second-order valence-electron chi connectivity index (χ2n) is 7.92. The quantitative estimate of drug-likeness (QED) is 0.868. The molecule has 1 unspecified atom stereocenters. The molecule has 4 heteroatoms. The molecule has 1 aromatic carbocycles. The number of phenols is 1. The van der Waals surface area contributed by atoms with E-state index in [4.69, 9.17) is 0 Å². The second-order valence-corrected chi connectivity index (χ2v) is 7.92. The lowest BCUT2D eigenvalue weighted by molar-refractivity contribution is 0.0724. The average molecular weight is 330 g/mol. The zero-order chi connectivity index (χ0) is 17.3. The Morgan fingerprint density at radius 3 is 2.58 bits per heavy atom. The lowest BCUT2D eigenvalue weighted by atomic mass is 9.78. The first-order chi connectivity index (χ1) is 11.4. The van der Waals surface area contributed by atoms with E-state index in [1.165, 1.54) is 25.7 Å². The number of nitrogens with one attached hydrogen (secondary N) is 1. The third-order valence-corrected chi connectivity index (χ3v) is 5.65. The zero-order valence-corrected chi connectivity index (χ0v) is 15.1. The Morgan fingerprint density at radius 2 is 1.92 bits per heavy atom. The van der Waals surface area contributed by atoms with Gasteiger partial charge in [0.15, 0.2) is 0 Å². The highest BCUT2D eigenvalue weighted by atomic mass is 16.3. The highest BCUT2D eigenvalue weighted by Gasteiger charge is 2.32. The highest BCUT2D eigenvalue weighted by molar-refractivity contribution is 5.98. The van der Waals surface area contributed by atoms with Crippen molar-refractivity contribution in [1.29, 1.82) is 0 Å². The van der Waals surface area contributed by atoms with Crippen LogP contribution in [-0.2, 0) is 6.54 Å². The molecular formula is C20H30N2O2. The third kappa shape index (κ3) is 3.75. The van der Waals surface area contributed by atoms with Crippen molar-refractivity contribution in [3.05, 3.63) is 29.3 Å². The minimum Gasteiger partial charge on any atom is -0.508 e. The first kappa shape index (κ1) is 17.3. The van der Waals surface area contributed by atoms with Gasteiger partial charge in [-0.2, -0.15) is 0 Å². The van der Waals surface area contributed by atoms with E-state index in [9.17, 15) is 9.90 Å². The maximum atomic E-state index is 12.5. The number of nitrogens with zero attached hydrogens (tertiary/aromatic N) is 1. The molecule has 3 rings (SSSR count). The van der Waals surface area contributed by atoms with E-state index in [-0.39, 0.29) is 11.7 Å². The summed E-state index contributed by atoms with van der Waals surface area (Å²) in [6, 6.07) is 6.26. The van der Waals surface area contributed by atoms with Crippen LogP contribution < -0.4 is 5.32 Å². The monoisotopic (exact) mass is 330 g/mol. The number of phenolic OH excluding ortho intramolecular Hbond substituents is 1. The molecule has 0 aromatic heterocycles. The van der Waals surface area contributed by atoms with Crippen LogP contribution in [0.25, 0.3) is 0 Å². The van der Waals surface area contributed by atoms with Crippen molar-refractivity contribution in [2.75, 3.05) is 6.54 Å². The van der Waals surface area contributed by atoms with Gasteiger partial charge < -0.3 is 15.3 Å². The fraction of sp³-hybridized carbons (Fsp3) is 0.650. The topological polar surface area (TPSA) is 52.6 Å². The summed E-state index contributed by atoms with van der Waals surface area (Å²) in [7, 11) is 0. The number of amides is 1. The van der Waals surface area contributed by atoms with Crippen molar-refractivity contribution < 1.29 is 9.90 Å². The molecule has 1 amide bonds. The molecule has 1 aromatic rings. The molecule has 132 valence electrons. The maximum absolute atomic E-state index is 12.5. The first-order valence-corrected chi connectivity index (χ1v) is 9.31. The molecule has 2 aliphatic rings. The van der Waals surface area contributed by atoms with Crippen molar-refractivity contribution >= 4 is 5.91 Å². The van der Waals surface area contributed by atoms with Crippen LogP contribution in [-0.4, -0.2) is 34.5 Å². The van der Waals surface area contributed by atoms with E-state index < -0.39 is 0 Å². The van der Waals surface area contributed by atoms with Gasteiger partial charge >= 0.3 is 0 Å². The van der Waals surface area contributed by atoms with Gasteiger partial charge in [0.1, 0.15) is 5.75 Å². The SMILES string of the molecule is CC(C)NC(C)C1CCC(CN2Cc3ccc(O)cc3C2=O)CC1. The van der Waals surface area contributed by atoms with Gasteiger partial charge in [-0.05, 0) is 62.1 Å². The highest BCUT2D eigenvalue weighted by Crippen LogP contribution is 2.34. The zero-order valence-electron chi connectivity index (χ0n) is 15.1. The number of benzene rings is 1. The van der Waals surface area contributed by atoms with E-state index in [0.29, 0.717) is 30.1 Å². The average Bonchev–Trinajstić information content (AvgIpc) is 2.83. The van der Waals surface area contributed by atoms with Gasteiger partial charge in [0.05, 0.1) is 0 Å². The summed E-state index contributed by atoms with van der Waals surface area (Å²) in [6.07, 6.45) is 4.92. The summed E-state index contributed by atoms with van der Waals surface area (Å²) in [5.74, 6) is 1.63. The van der Waals surface area contributed by atoms with Gasteiger partial charge in [0.25, 0.3) is 5.91 Å². The Bertz CT molecular complexity index is 591. The lowest BCUT2D eigenvalue weighted by Gasteiger charge is -2.35. The Labute approximate surface area is 145 Å². The van der Waals surface area contributed by atoms with Gasteiger partial charge in [-0.25, -0.2) is 0 Å². The number of rotatable bonds is 5.